The van der Waals surface area contributed by atoms with Crippen molar-refractivity contribution in [3.63, 3.8) is 0 Å². The van der Waals surface area contributed by atoms with Crippen molar-refractivity contribution in [2.45, 2.75) is 41.5 Å². The molecule has 0 aromatic carbocycles. The lowest BCUT2D eigenvalue weighted by Crippen LogP contribution is -2.13. The number of rotatable bonds is 3. The second-order valence-electron chi connectivity index (χ2n) is 2.04. The van der Waals surface area contributed by atoms with Gasteiger partial charge >= 0.3 is 5.97 Å². The molecule has 0 rings (SSSR count). The zero-order valence-corrected chi connectivity index (χ0v) is 6.31. The van der Waals surface area contributed by atoms with E-state index < -0.39 is 0 Å². The maximum absolute atomic E-state index is 10.8. The molecule has 0 radical (unpaired) electrons. The molecule has 0 aliphatic heterocycles. The normalized spacial score (nSPS) is 8.00. The standard InChI is InChI=1S/C7H14O2.2CH4/c1-4-6(5-2)7(8)9-3;;/h6H,4-5H2,1-3H3;2*1H4. The lowest BCUT2D eigenvalue weighted by Gasteiger charge is -2.07. The van der Waals surface area contributed by atoms with Gasteiger partial charge in [-0.15, -0.1) is 0 Å². The Balaban J connectivity index is -0.000000320. The van der Waals surface area contributed by atoms with Crippen molar-refractivity contribution in [2.24, 2.45) is 5.92 Å². The van der Waals surface area contributed by atoms with Crippen molar-refractivity contribution in [3.05, 3.63) is 0 Å². The maximum atomic E-state index is 10.8. The molecule has 0 aromatic heterocycles. The van der Waals surface area contributed by atoms with E-state index in [9.17, 15) is 4.79 Å². The second-order valence-corrected chi connectivity index (χ2v) is 2.04. The molecule has 0 amide bonds. The Morgan fingerprint density at radius 1 is 1.27 bits per heavy atom. The van der Waals surface area contributed by atoms with E-state index in [0.717, 1.165) is 12.8 Å². The molecule has 0 saturated heterocycles. The van der Waals surface area contributed by atoms with E-state index in [1.54, 1.807) is 0 Å². The molecular weight excluding hydrogens is 140 g/mol. The minimum absolute atomic E-state index is 0. The number of carbonyl (C=O) groups excluding carboxylic acids is 1. The zero-order valence-electron chi connectivity index (χ0n) is 6.31. The molecule has 2 nitrogen and oxygen atoms in total. The molecule has 0 aliphatic rings. The van der Waals surface area contributed by atoms with Gasteiger partial charge in [0.15, 0.2) is 0 Å². The predicted molar refractivity (Wildman–Crippen MR) is 49.6 cm³/mol. The molecule has 0 N–H and O–H groups in total. The van der Waals surface area contributed by atoms with Gasteiger partial charge in [0.05, 0.1) is 13.0 Å². The van der Waals surface area contributed by atoms with Gasteiger partial charge in [-0.2, -0.15) is 0 Å². The van der Waals surface area contributed by atoms with E-state index in [1.165, 1.54) is 7.11 Å². The number of esters is 1. The SMILES string of the molecule is C.C.CCC(CC)C(=O)OC. The summed E-state index contributed by atoms with van der Waals surface area (Å²) >= 11 is 0. The molecule has 0 aromatic rings. The van der Waals surface area contributed by atoms with E-state index in [4.69, 9.17) is 0 Å². The number of hydrogen-bond acceptors (Lipinski definition) is 2. The van der Waals surface area contributed by atoms with Crippen LogP contribution >= 0.6 is 0 Å². The summed E-state index contributed by atoms with van der Waals surface area (Å²) in [7, 11) is 1.43. The summed E-state index contributed by atoms with van der Waals surface area (Å²) < 4.78 is 4.56. The summed E-state index contributed by atoms with van der Waals surface area (Å²) in [6.07, 6.45) is 1.76. The third-order valence-electron chi connectivity index (χ3n) is 1.52. The van der Waals surface area contributed by atoms with Crippen LogP contribution in [0.3, 0.4) is 0 Å². The first-order valence-electron chi connectivity index (χ1n) is 3.34. The van der Waals surface area contributed by atoms with Crippen LogP contribution in [0.4, 0.5) is 0 Å². The Labute approximate surface area is 70.9 Å². The molecular formula is C9H22O2. The van der Waals surface area contributed by atoms with Crippen molar-refractivity contribution in [1.29, 1.82) is 0 Å². The van der Waals surface area contributed by atoms with Crippen molar-refractivity contribution < 1.29 is 9.53 Å². The lowest BCUT2D eigenvalue weighted by molar-refractivity contribution is -0.145. The molecule has 0 unspecified atom stereocenters. The molecule has 0 atom stereocenters. The van der Waals surface area contributed by atoms with Gasteiger partial charge in [0.2, 0.25) is 0 Å². The number of ether oxygens (including phenoxy) is 1. The second kappa shape index (κ2) is 9.47. The fraction of sp³-hybridized carbons (Fsp3) is 0.889. The van der Waals surface area contributed by atoms with Gasteiger partial charge in [-0.25, -0.2) is 0 Å². The Kier molecular flexibility index (Phi) is 14.5. The lowest BCUT2D eigenvalue weighted by atomic mass is 10.0. The van der Waals surface area contributed by atoms with Crippen LogP contribution in [-0.4, -0.2) is 13.1 Å². The van der Waals surface area contributed by atoms with Crippen LogP contribution in [-0.2, 0) is 9.53 Å². The molecule has 0 spiro atoms. The highest BCUT2D eigenvalue weighted by atomic mass is 16.5. The number of carbonyl (C=O) groups is 1. The van der Waals surface area contributed by atoms with Gasteiger partial charge in [-0.3, -0.25) is 4.79 Å². The van der Waals surface area contributed by atoms with Gasteiger partial charge < -0.3 is 4.74 Å². The summed E-state index contributed by atoms with van der Waals surface area (Å²) in [6.45, 7) is 3.98. The van der Waals surface area contributed by atoms with Crippen LogP contribution in [0.2, 0.25) is 0 Å². The monoisotopic (exact) mass is 162 g/mol. The summed E-state index contributed by atoms with van der Waals surface area (Å²) in [5.41, 5.74) is 0. The Bertz CT molecular complexity index is 85.6. The summed E-state index contributed by atoms with van der Waals surface area (Å²) in [5, 5.41) is 0. The van der Waals surface area contributed by atoms with Crippen LogP contribution in [0.15, 0.2) is 0 Å². The molecule has 0 fully saturated rings. The average Bonchev–Trinajstić information content (AvgIpc) is 1.90. The maximum Gasteiger partial charge on any atom is 0.308 e. The van der Waals surface area contributed by atoms with Gasteiger partial charge in [0.1, 0.15) is 0 Å². The van der Waals surface area contributed by atoms with Crippen molar-refractivity contribution in [1.82, 2.24) is 0 Å². The smallest absolute Gasteiger partial charge is 0.308 e. The van der Waals surface area contributed by atoms with Gasteiger partial charge in [-0.1, -0.05) is 28.7 Å². The minimum atomic E-state index is -0.0833. The molecule has 70 valence electrons. The molecule has 11 heavy (non-hydrogen) atoms. The van der Waals surface area contributed by atoms with E-state index in [2.05, 4.69) is 4.74 Å². The van der Waals surface area contributed by atoms with E-state index in [0.29, 0.717) is 0 Å². The predicted octanol–water partition coefficient (Wildman–Crippen LogP) is 2.87. The van der Waals surface area contributed by atoms with E-state index in [-0.39, 0.29) is 26.7 Å². The molecule has 0 bridgehead atoms. The fourth-order valence-corrected chi connectivity index (χ4v) is 0.789. The molecule has 0 aliphatic carbocycles. The topological polar surface area (TPSA) is 26.3 Å². The zero-order chi connectivity index (χ0) is 7.28. The van der Waals surface area contributed by atoms with Crippen molar-refractivity contribution >= 4 is 5.97 Å². The van der Waals surface area contributed by atoms with Crippen LogP contribution in [0.5, 0.6) is 0 Å². The van der Waals surface area contributed by atoms with Crippen LogP contribution in [0.1, 0.15) is 41.5 Å². The van der Waals surface area contributed by atoms with E-state index in [1.807, 2.05) is 13.8 Å². The van der Waals surface area contributed by atoms with Crippen molar-refractivity contribution in [2.75, 3.05) is 7.11 Å². The Morgan fingerprint density at radius 3 is 1.73 bits per heavy atom. The number of methoxy groups -OCH3 is 1. The first kappa shape index (κ1) is 16.8. The summed E-state index contributed by atoms with van der Waals surface area (Å²) in [5.74, 6) is 0.0231. The van der Waals surface area contributed by atoms with E-state index >= 15 is 0 Å². The molecule has 2 heteroatoms. The van der Waals surface area contributed by atoms with Gasteiger partial charge in [0.25, 0.3) is 0 Å². The highest BCUT2D eigenvalue weighted by molar-refractivity contribution is 5.71. The summed E-state index contributed by atoms with van der Waals surface area (Å²) in [6, 6.07) is 0. The first-order valence-corrected chi connectivity index (χ1v) is 3.34. The van der Waals surface area contributed by atoms with Crippen molar-refractivity contribution in [3.8, 4) is 0 Å². The average molecular weight is 162 g/mol. The Morgan fingerprint density at radius 2 is 1.64 bits per heavy atom. The highest BCUT2D eigenvalue weighted by Crippen LogP contribution is 2.08. The fourth-order valence-electron chi connectivity index (χ4n) is 0.789. The third-order valence-corrected chi connectivity index (χ3v) is 1.52. The number of hydrogen-bond donors (Lipinski definition) is 0. The quantitative estimate of drug-likeness (QED) is 0.596. The van der Waals surface area contributed by atoms with Crippen LogP contribution in [0.25, 0.3) is 0 Å². The van der Waals surface area contributed by atoms with Gasteiger partial charge in [-0.05, 0) is 12.8 Å². The van der Waals surface area contributed by atoms with Crippen LogP contribution in [0, 0.1) is 5.92 Å². The largest absolute Gasteiger partial charge is 0.469 e. The summed E-state index contributed by atoms with van der Waals surface area (Å²) in [4.78, 5) is 10.8. The van der Waals surface area contributed by atoms with Crippen LogP contribution < -0.4 is 0 Å². The Hall–Kier alpha value is -0.530. The first-order chi connectivity index (χ1) is 4.26. The molecule has 0 saturated carbocycles. The third kappa shape index (κ3) is 5.89. The minimum Gasteiger partial charge on any atom is -0.469 e. The van der Waals surface area contributed by atoms with Gasteiger partial charge in [0, 0.05) is 0 Å². The highest BCUT2D eigenvalue weighted by Gasteiger charge is 2.12. The molecule has 0 heterocycles.